The molecule has 2 N–H and O–H groups in total. The van der Waals surface area contributed by atoms with Gasteiger partial charge in [0.1, 0.15) is 10.8 Å². The first-order valence-corrected chi connectivity index (χ1v) is 6.79. The lowest BCUT2D eigenvalue weighted by molar-refractivity contribution is 0.893. The molecule has 0 saturated carbocycles. The molecule has 3 nitrogen and oxygen atoms in total. The summed E-state index contributed by atoms with van der Waals surface area (Å²) < 4.78 is 4.16. The van der Waals surface area contributed by atoms with Crippen molar-refractivity contribution in [2.24, 2.45) is 0 Å². The van der Waals surface area contributed by atoms with Crippen LogP contribution in [0.3, 0.4) is 0 Å². The van der Waals surface area contributed by atoms with Crippen molar-refractivity contribution in [3.8, 4) is 0 Å². The van der Waals surface area contributed by atoms with Crippen LogP contribution in [0.1, 0.15) is 10.4 Å². The van der Waals surface area contributed by atoms with Crippen LogP contribution in [0.15, 0.2) is 17.5 Å². The lowest BCUT2D eigenvalue weighted by Crippen LogP contribution is -2.19. The highest BCUT2D eigenvalue weighted by Crippen LogP contribution is 2.28. The Morgan fingerprint density at radius 1 is 1.50 bits per heavy atom. The number of nitrogen functional groups attached to an aromatic ring is 1. The number of rotatable bonds is 4. The lowest BCUT2D eigenvalue weighted by Gasteiger charge is -2.17. The maximum absolute atomic E-state index is 5.74. The topological polar surface area (TPSA) is 42.1 Å². The summed E-state index contributed by atoms with van der Waals surface area (Å²) in [4.78, 5) is 3.64. The van der Waals surface area contributed by atoms with Crippen LogP contribution in [0, 0.1) is 6.92 Å². The van der Waals surface area contributed by atoms with Gasteiger partial charge in [0.2, 0.25) is 0 Å². The molecule has 0 radical (unpaired) electrons. The summed E-state index contributed by atoms with van der Waals surface area (Å²) in [5, 5.41) is 3.29. The van der Waals surface area contributed by atoms with E-state index in [2.05, 4.69) is 33.8 Å². The lowest BCUT2D eigenvalue weighted by atomic mass is 10.3. The molecule has 0 amide bonds. The molecule has 0 unspecified atom stereocenters. The predicted octanol–water partition coefficient (Wildman–Crippen LogP) is 2.77. The molecule has 0 aliphatic heterocycles. The van der Waals surface area contributed by atoms with Crippen LogP contribution < -0.4 is 10.6 Å². The van der Waals surface area contributed by atoms with E-state index in [0.29, 0.717) is 5.82 Å². The highest BCUT2D eigenvalue weighted by Gasteiger charge is 2.11. The third-order valence-electron chi connectivity index (χ3n) is 2.56. The largest absolute Gasteiger partial charge is 0.383 e. The van der Waals surface area contributed by atoms with Crippen molar-refractivity contribution >= 4 is 33.7 Å². The average Bonchev–Trinajstić information content (AvgIpc) is 2.88. The third-order valence-corrected chi connectivity index (χ3v) is 4.57. The molecule has 0 fully saturated rings. The number of likely N-dealkylation sites (N-methyl/N-ethyl adjacent to an activating group) is 1. The second-order valence-corrected chi connectivity index (χ2v) is 5.53. The van der Waals surface area contributed by atoms with Crippen molar-refractivity contribution in [1.29, 1.82) is 0 Å². The number of thiophene rings is 1. The molecule has 0 atom stereocenters. The van der Waals surface area contributed by atoms with Crippen molar-refractivity contribution < 1.29 is 0 Å². The van der Waals surface area contributed by atoms with E-state index in [1.165, 1.54) is 21.4 Å². The fourth-order valence-corrected chi connectivity index (χ4v) is 3.02. The highest BCUT2D eigenvalue weighted by atomic mass is 32.1. The number of hydrogen-bond donors (Lipinski definition) is 1. The van der Waals surface area contributed by atoms with Gasteiger partial charge >= 0.3 is 0 Å². The zero-order chi connectivity index (χ0) is 11.5. The molecule has 2 heterocycles. The summed E-state index contributed by atoms with van der Waals surface area (Å²) in [5.74, 6) is 0.656. The summed E-state index contributed by atoms with van der Waals surface area (Å²) in [6, 6.07) is 4.27. The quantitative estimate of drug-likeness (QED) is 0.911. The van der Waals surface area contributed by atoms with E-state index in [0.717, 1.165) is 18.5 Å². The van der Waals surface area contributed by atoms with E-state index < -0.39 is 0 Å². The molecular weight excluding hydrogens is 238 g/mol. The Kier molecular flexibility index (Phi) is 3.46. The summed E-state index contributed by atoms with van der Waals surface area (Å²) >= 11 is 3.28. The first-order chi connectivity index (χ1) is 7.68. The second kappa shape index (κ2) is 4.84. The summed E-state index contributed by atoms with van der Waals surface area (Å²) in [7, 11) is 2.09. The predicted molar refractivity (Wildman–Crippen MR) is 72.6 cm³/mol. The molecule has 0 aliphatic carbocycles. The third kappa shape index (κ3) is 2.36. The van der Waals surface area contributed by atoms with E-state index in [1.54, 1.807) is 11.3 Å². The average molecular weight is 253 g/mol. The molecule has 0 aliphatic rings. The number of nitrogens with zero attached hydrogens (tertiary/aromatic N) is 2. The zero-order valence-corrected chi connectivity index (χ0v) is 11.1. The fourth-order valence-electron chi connectivity index (χ4n) is 1.53. The Morgan fingerprint density at radius 2 is 2.31 bits per heavy atom. The first-order valence-electron chi connectivity index (χ1n) is 5.13. The van der Waals surface area contributed by atoms with Crippen molar-refractivity contribution in [1.82, 2.24) is 4.37 Å². The van der Waals surface area contributed by atoms with E-state index in [-0.39, 0.29) is 0 Å². The minimum absolute atomic E-state index is 0.656. The van der Waals surface area contributed by atoms with E-state index in [9.17, 15) is 0 Å². The van der Waals surface area contributed by atoms with Gasteiger partial charge in [-0.2, -0.15) is 4.37 Å². The van der Waals surface area contributed by atoms with Crippen LogP contribution in [0.5, 0.6) is 0 Å². The van der Waals surface area contributed by atoms with Crippen LogP contribution in [-0.2, 0) is 6.42 Å². The molecule has 0 bridgehead atoms. The Bertz CT molecular complexity index is 448. The maximum Gasteiger partial charge on any atom is 0.142 e. The van der Waals surface area contributed by atoms with E-state index in [4.69, 9.17) is 5.73 Å². The van der Waals surface area contributed by atoms with Crippen LogP contribution >= 0.6 is 22.9 Å². The van der Waals surface area contributed by atoms with Crippen LogP contribution in [-0.4, -0.2) is 18.0 Å². The van der Waals surface area contributed by atoms with Crippen molar-refractivity contribution in [2.45, 2.75) is 13.3 Å². The van der Waals surface area contributed by atoms with Crippen LogP contribution in [0.25, 0.3) is 0 Å². The smallest absolute Gasteiger partial charge is 0.142 e. The van der Waals surface area contributed by atoms with Gasteiger partial charge in [0, 0.05) is 24.0 Å². The van der Waals surface area contributed by atoms with Gasteiger partial charge in [0.15, 0.2) is 0 Å². The molecule has 0 aromatic carbocycles. The van der Waals surface area contributed by atoms with Gasteiger partial charge in [-0.1, -0.05) is 6.07 Å². The maximum atomic E-state index is 5.74. The molecule has 86 valence electrons. The minimum Gasteiger partial charge on any atom is -0.383 e. The molecule has 5 heteroatoms. The SMILES string of the molecule is Cc1c(N)nsc1N(C)CCc1cccs1. The van der Waals surface area contributed by atoms with Gasteiger partial charge < -0.3 is 10.6 Å². The standard InChI is InChI=1S/C11H15N3S2/c1-8-10(12)13-16-11(8)14(2)6-5-9-4-3-7-15-9/h3-4,7H,5-6H2,1-2H3,(H2,12,13). The van der Waals surface area contributed by atoms with Gasteiger partial charge in [-0.15, -0.1) is 11.3 Å². The summed E-state index contributed by atoms with van der Waals surface area (Å²) in [6.07, 6.45) is 1.07. The Hall–Kier alpha value is -1.07. The van der Waals surface area contributed by atoms with Gasteiger partial charge in [-0.05, 0) is 36.3 Å². The molecule has 2 aromatic rings. The van der Waals surface area contributed by atoms with Crippen LogP contribution in [0.2, 0.25) is 0 Å². The van der Waals surface area contributed by atoms with Gasteiger partial charge in [0.25, 0.3) is 0 Å². The van der Waals surface area contributed by atoms with E-state index >= 15 is 0 Å². The van der Waals surface area contributed by atoms with Crippen molar-refractivity contribution in [3.05, 3.63) is 28.0 Å². The monoisotopic (exact) mass is 253 g/mol. The number of anilines is 2. The molecule has 0 saturated heterocycles. The van der Waals surface area contributed by atoms with Gasteiger partial charge in [-0.3, -0.25) is 0 Å². The number of aromatic nitrogens is 1. The summed E-state index contributed by atoms with van der Waals surface area (Å²) in [5.41, 5.74) is 6.84. The Balaban J connectivity index is 1.98. The van der Waals surface area contributed by atoms with Gasteiger partial charge in [-0.25, -0.2) is 0 Å². The van der Waals surface area contributed by atoms with Crippen molar-refractivity contribution in [3.63, 3.8) is 0 Å². The van der Waals surface area contributed by atoms with Crippen LogP contribution in [0.4, 0.5) is 10.8 Å². The highest BCUT2D eigenvalue weighted by molar-refractivity contribution is 7.10. The second-order valence-electron chi connectivity index (χ2n) is 3.75. The molecule has 2 rings (SSSR count). The Morgan fingerprint density at radius 3 is 2.88 bits per heavy atom. The Labute approximate surface area is 104 Å². The molecule has 16 heavy (non-hydrogen) atoms. The molecule has 0 spiro atoms. The first kappa shape index (κ1) is 11.4. The summed E-state index contributed by atoms with van der Waals surface area (Å²) in [6.45, 7) is 3.03. The molecule has 2 aromatic heterocycles. The fraction of sp³-hybridized carbons (Fsp3) is 0.364. The van der Waals surface area contributed by atoms with E-state index in [1.807, 2.05) is 6.92 Å². The molecular formula is C11H15N3S2. The minimum atomic E-state index is 0.656. The van der Waals surface area contributed by atoms with Gasteiger partial charge in [0.05, 0.1) is 0 Å². The number of hydrogen-bond acceptors (Lipinski definition) is 5. The zero-order valence-electron chi connectivity index (χ0n) is 9.43. The number of nitrogens with two attached hydrogens (primary N) is 1. The van der Waals surface area contributed by atoms with Crippen molar-refractivity contribution in [2.75, 3.05) is 24.2 Å². The normalized spacial score (nSPS) is 10.6.